The lowest BCUT2D eigenvalue weighted by Crippen LogP contribution is -2.19. The summed E-state index contributed by atoms with van der Waals surface area (Å²) in [6.07, 6.45) is 0. The second kappa shape index (κ2) is 5.89. The van der Waals surface area contributed by atoms with E-state index in [0.29, 0.717) is 11.3 Å². The first-order valence-electron chi connectivity index (χ1n) is 6.23. The molecule has 0 unspecified atom stereocenters. The van der Waals surface area contributed by atoms with Crippen LogP contribution in [0.2, 0.25) is 0 Å². The summed E-state index contributed by atoms with van der Waals surface area (Å²) in [4.78, 5) is 11.9. The van der Waals surface area contributed by atoms with Crippen LogP contribution in [0.3, 0.4) is 0 Å². The number of amides is 2. The minimum Gasteiger partial charge on any atom is -0.308 e. The Kier molecular flexibility index (Phi) is 4.02. The molecule has 0 aliphatic heterocycles. The monoisotopic (exact) mass is 265 g/mol. The molecule has 0 aromatic heterocycles. The molecule has 0 saturated carbocycles. The Morgan fingerprint density at radius 3 is 2.05 bits per heavy atom. The molecule has 0 fully saturated rings. The zero-order chi connectivity index (χ0) is 14.5. The number of carbonyl (C=O) groups is 1. The first-order chi connectivity index (χ1) is 9.56. The number of urea groups is 1. The van der Waals surface area contributed by atoms with Crippen LogP contribution in [-0.4, -0.2) is 6.03 Å². The number of benzene rings is 2. The van der Waals surface area contributed by atoms with Crippen LogP contribution in [0.15, 0.2) is 42.5 Å². The SMILES string of the molecule is Cc1cc(C)cc(NC(=O)Nc2ccc(C#N)cc2)c1. The number of nitrogens with zero attached hydrogens (tertiary/aromatic N) is 1. The zero-order valence-electron chi connectivity index (χ0n) is 11.4. The molecule has 20 heavy (non-hydrogen) atoms. The first kappa shape index (κ1) is 13.6. The van der Waals surface area contributed by atoms with Gasteiger partial charge in [-0.05, 0) is 61.4 Å². The maximum Gasteiger partial charge on any atom is 0.323 e. The average Bonchev–Trinajstić information content (AvgIpc) is 2.38. The van der Waals surface area contributed by atoms with Gasteiger partial charge in [-0.3, -0.25) is 0 Å². The Bertz CT molecular complexity index is 649. The number of hydrogen-bond donors (Lipinski definition) is 2. The van der Waals surface area contributed by atoms with Gasteiger partial charge in [-0.1, -0.05) is 6.07 Å². The normalized spacial score (nSPS) is 9.65. The summed E-state index contributed by atoms with van der Waals surface area (Å²) in [6, 6.07) is 14.3. The van der Waals surface area contributed by atoms with Crippen LogP contribution in [0, 0.1) is 25.2 Å². The Labute approximate surface area is 118 Å². The third-order valence-electron chi connectivity index (χ3n) is 2.75. The van der Waals surface area contributed by atoms with Crippen LogP contribution in [0.4, 0.5) is 16.2 Å². The predicted molar refractivity (Wildman–Crippen MR) is 79.7 cm³/mol. The highest BCUT2D eigenvalue weighted by atomic mass is 16.2. The van der Waals surface area contributed by atoms with E-state index in [1.165, 1.54) is 0 Å². The number of aryl methyl sites for hydroxylation is 2. The molecule has 2 aromatic carbocycles. The molecule has 4 nitrogen and oxygen atoms in total. The van der Waals surface area contributed by atoms with Gasteiger partial charge >= 0.3 is 6.03 Å². The molecule has 0 atom stereocenters. The fraction of sp³-hybridized carbons (Fsp3) is 0.125. The van der Waals surface area contributed by atoms with Crippen molar-refractivity contribution in [1.29, 1.82) is 5.26 Å². The molecule has 2 amide bonds. The summed E-state index contributed by atoms with van der Waals surface area (Å²) in [6.45, 7) is 3.97. The van der Waals surface area contributed by atoms with E-state index < -0.39 is 0 Å². The smallest absolute Gasteiger partial charge is 0.308 e. The Morgan fingerprint density at radius 2 is 1.50 bits per heavy atom. The molecule has 0 spiro atoms. The van der Waals surface area contributed by atoms with E-state index in [0.717, 1.165) is 16.8 Å². The Morgan fingerprint density at radius 1 is 0.950 bits per heavy atom. The topological polar surface area (TPSA) is 64.9 Å². The van der Waals surface area contributed by atoms with E-state index >= 15 is 0 Å². The van der Waals surface area contributed by atoms with Crippen LogP contribution in [0.5, 0.6) is 0 Å². The quantitative estimate of drug-likeness (QED) is 0.866. The van der Waals surface area contributed by atoms with Crippen molar-refractivity contribution >= 4 is 17.4 Å². The largest absolute Gasteiger partial charge is 0.323 e. The number of nitriles is 1. The highest BCUT2D eigenvalue weighted by molar-refractivity contribution is 5.99. The fourth-order valence-electron chi connectivity index (χ4n) is 1.97. The lowest BCUT2D eigenvalue weighted by molar-refractivity contribution is 0.262. The Hall–Kier alpha value is -2.80. The molecule has 4 heteroatoms. The van der Waals surface area contributed by atoms with Crippen molar-refractivity contribution in [2.45, 2.75) is 13.8 Å². The lowest BCUT2D eigenvalue weighted by Gasteiger charge is -2.09. The number of rotatable bonds is 2. The van der Waals surface area contributed by atoms with Crippen molar-refractivity contribution in [3.63, 3.8) is 0 Å². The van der Waals surface area contributed by atoms with Crippen molar-refractivity contribution < 1.29 is 4.79 Å². The summed E-state index contributed by atoms with van der Waals surface area (Å²) < 4.78 is 0. The molecule has 2 N–H and O–H groups in total. The molecule has 0 saturated heterocycles. The average molecular weight is 265 g/mol. The number of nitrogens with one attached hydrogen (secondary N) is 2. The minimum atomic E-state index is -0.306. The highest BCUT2D eigenvalue weighted by Gasteiger charge is 2.03. The van der Waals surface area contributed by atoms with Crippen LogP contribution in [0.25, 0.3) is 0 Å². The summed E-state index contributed by atoms with van der Waals surface area (Å²) in [7, 11) is 0. The molecule has 0 bridgehead atoms. The third-order valence-corrected chi connectivity index (χ3v) is 2.75. The standard InChI is InChI=1S/C16H15N3O/c1-11-7-12(2)9-15(8-11)19-16(20)18-14-5-3-13(10-17)4-6-14/h3-9H,1-2H3,(H2,18,19,20). The minimum absolute atomic E-state index is 0.306. The molecule has 0 aliphatic rings. The van der Waals surface area contributed by atoms with E-state index in [4.69, 9.17) is 5.26 Å². The van der Waals surface area contributed by atoms with Gasteiger partial charge in [-0.15, -0.1) is 0 Å². The molecular weight excluding hydrogens is 250 g/mol. The molecule has 100 valence electrons. The van der Waals surface area contributed by atoms with Gasteiger partial charge in [0, 0.05) is 11.4 Å². The predicted octanol–water partition coefficient (Wildman–Crippen LogP) is 3.82. The van der Waals surface area contributed by atoms with Crippen molar-refractivity contribution in [1.82, 2.24) is 0 Å². The van der Waals surface area contributed by atoms with E-state index in [9.17, 15) is 4.79 Å². The highest BCUT2D eigenvalue weighted by Crippen LogP contribution is 2.15. The zero-order valence-corrected chi connectivity index (χ0v) is 11.4. The van der Waals surface area contributed by atoms with Crippen LogP contribution < -0.4 is 10.6 Å². The lowest BCUT2D eigenvalue weighted by atomic mass is 10.1. The Balaban J connectivity index is 2.03. The molecule has 2 rings (SSSR count). The summed E-state index contributed by atoms with van der Waals surface area (Å²) >= 11 is 0. The van der Waals surface area contributed by atoms with Crippen LogP contribution in [-0.2, 0) is 0 Å². The van der Waals surface area contributed by atoms with Crippen molar-refractivity contribution in [3.8, 4) is 6.07 Å². The van der Waals surface area contributed by atoms with Gasteiger partial charge in [-0.2, -0.15) is 5.26 Å². The van der Waals surface area contributed by atoms with Gasteiger partial charge in [-0.25, -0.2) is 4.79 Å². The van der Waals surface area contributed by atoms with Crippen LogP contribution in [0.1, 0.15) is 16.7 Å². The second-order valence-electron chi connectivity index (χ2n) is 4.64. The van der Waals surface area contributed by atoms with Gasteiger partial charge in [0.25, 0.3) is 0 Å². The van der Waals surface area contributed by atoms with Crippen molar-refractivity contribution in [2.75, 3.05) is 10.6 Å². The van der Waals surface area contributed by atoms with E-state index in [2.05, 4.69) is 10.6 Å². The number of carbonyl (C=O) groups excluding carboxylic acids is 1. The van der Waals surface area contributed by atoms with Gasteiger partial charge < -0.3 is 10.6 Å². The molecule has 0 heterocycles. The third kappa shape index (κ3) is 3.59. The number of hydrogen-bond acceptors (Lipinski definition) is 2. The van der Waals surface area contributed by atoms with Gasteiger partial charge in [0.15, 0.2) is 0 Å². The van der Waals surface area contributed by atoms with E-state index in [-0.39, 0.29) is 6.03 Å². The molecule has 2 aromatic rings. The van der Waals surface area contributed by atoms with E-state index in [1.807, 2.05) is 38.1 Å². The van der Waals surface area contributed by atoms with Crippen molar-refractivity contribution in [2.24, 2.45) is 0 Å². The molecule has 0 aliphatic carbocycles. The van der Waals surface area contributed by atoms with Crippen LogP contribution >= 0.6 is 0 Å². The molecule has 0 radical (unpaired) electrons. The maximum atomic E-state index is 11.9. The maximum absolute atomic E-state index is 11.9. The van der Waals surface area contributed by atoms with Gasteiger partial charge in [0.05, 0.1) is 11.6 Å². The van der Waals surface area contributed by atoms with Gasteiger partial charge in [0.2, 0.25) is 0 Å². The second-order valence-corrected chi connectivity index (χ2v) is 4.64. The van der Waals surface area contributed by atoms with Crippen molar-refractivity contribution in [3.05, 3.63) is 59.2 Å². The molecular formula is C16H15N3O. The summed E-state index contributed by atoms with van der Waals surface area (Å²) in [5.41, 5.74) is 4.15. The van der Waals surface area contributed by atoms with Gasteiger partial charge in [0.1, 0.15) is 0 Å². The number of anilines is 2. The first-order valence-corrected chi connectivity index (χ1v) is 6.23. The van der Waals surface area contributed by atoms with E-state index in [1.54, 1.807) is 24.3 Å². The summed E-state index contributed by atoms with van der Waals surface area (Å²) in [5.74, 6) is 0. The fourth-order valence-corrected chi connectivity index (χ4v) is 1.97. The summed E-state index contributed by atoms with van der Waals surface area (Å²) in [5, 5.41) is 14.2.